The van der Waals surface area contributed by atoms with Crippen LogP contribution in [0.15, 0.2) is 48.5 Å². The molecule has 1 heterocycles. The van der Waals surface area contributed by atoms with Gasteiger partial charge in [-0.05, 0) is 42.3 Å². The number of phenols is 1. The van der Waals surface area contributed by atoms with E-state index in [-0.39, 0.29) is 17.5 Å². The van der Waals surface area contributed by atoms with E-state index in [4.69, 9.17) is 0 Å². The van der Waals surface area contributed by atoms with E-state index >= 15 is 0 Å². The second-order valence-electron chi connectivity index (χ2n) is 6.62. The molecule has 0 aliphatic carbocycles. The number of nitrogens with zero attached hydrogens (tertiary/aromatic N) is 1. The average molecular weight is 358 g/mol. The number of nitrogens with one attached hydrogen (secondary N) is 2. The van der Waals surface area contributed by atoms with Gasteiger partial charge < -0.3 is 20.2 Å². The fourth-order valence-corrected chi connectivity index (χ4v) is 3.25. The number of aromatic hydroxyl groups is 1. The third kappa shape index (κ3) is 4.95. The highest BCUT2D eigenvalue weighted by Crippen LogP contribution is 2.18. The van der Waals surface area contributed by atoms with Crippen molar-refractivity contribution in [1.82, 2.24) is 5.32 Å². The minimum atomic E-state index is -0.224. The van der Waals surface area contributed by atoms with Crippen LogP contribution < -0.4 is 15.1 Å². The van der Waals surface area contributed by atoms with E-state index in [0.717, 1.165) is 31.9 Å². The molecule has 1 fully saturated rings. The molecule has 2 aromatic carbocycles. The lowest BCUT2D eigenvalue weighted by molar-refractivity contribution is -0.892. The van der Waals surface area contributed by atoms with E-state index in [1.54, 1.807) is 30.3 Å². The number of quaternary nitrogens is 1. The Hall–Kier alpha value is -2.60. The van der Waals surface area contributed by atoms with E-state index in [1.165, 1.54) is 11.0 Å². The Balaban J connectivity index is 1.38. The predicted octanol–water partition coefficient (Wildman–Crippen LogP) is 0.595. The standard InChI is InChI=1S/C20H24FN3O2/c21-19-4-2-1-3-16(19)9-10-22-20(26)15-23-11-13-24(14-12-23)17-5-7-18(25)8-6-17/h1-8,25H,9-15H2,(H,22,26)/p+1. The summed E-state index contributed by atoms with van der Waals surface area (Å²) in [7, 11) is 0. The van der Waals surface area contributed by atoms with Gasteiger partial charge >= 0.3 is 0 Å². The number of carbonyl (C=O) groups excluding carboxylic acids is 1. The van der Waals surface area contributed by atoms with Gasteiger partial charge in [-0.3, -0.25) is 4.79 Å². The van der Waals surface area contributed by atoms with Crippen LogP contribution in [0, 0.1) is 5.82 Å². The van der Waals surface area contributed by atoms with E-state index in [2.05, 4.69) is 10.2 Å². The average Bonchev–Trinajstić information content (AvgIpc) is 2.65. The highest BCUT2D eigenvalue weighted by Gasteiger charge is 2.22. The molecule has 0 atom stereocenters. The van der Waals surface area contributed by atoms with Crippen LogP contribution in [0.4, 0.5) is 10.1 Å². The molecule has 0 spiro atoms. The molecular weight excluding hydrogens is 333 g/mol. The summed E-state index contributed by atoms with van der Waals surface area (Å²) < 4.78 is 13.6. The van der Waals surface area contributed by atoms with E-state index in [0.29, 0.717) is 25.1 Å². The zero-order chi connectivity index (χ0) is 18.4. The maximum atomic E-state index is 13.6. The van der Waals surface area contributed by atoms with E-state index in [1.807, 2.05) is 12.1 Å². The molecule has 1 saturated heterocycles. The molecule has 1 amide bonds. The minimum absolute atomic E-state index is 0.00872. The number of anilines is 1. The van der Waals surface area contributed by atoms with E-state index < -0.39 is 0 Å². The van der Waals surface area contributed by atoms with Crippen molar-refractivity contribution >= 4 is 11.6 Å². The van der Waals surface area contributed by atoms with Crippen molar-refractivity contribution in [1.29, 1.82) is 0 Å². The smallest absolute Gasteiger partial charge is 0.275 e. The number of rotatable bonds is 6. The van der Waals surface area contributed by atoms with Crippen molar-refractivity contribution in [2.75, 3.05) is 44.2 Å². The van der Waals surface area contributed by atoms with Crippen LogP contribution in [-0.4, -0.2) is 50.3 Å². The molecule has 1 aliphatic heterocycles. The van der Waals surface area contributed by atoms with E-state index in [9.17, 15) is 14.3 Å². The summed E-state index contributed by atoms with van der Waals surface area (Å²) in [5, 5.41) is 12.3. The Morgan fingerprint density at radius 3 is 2.50 bits per heavy atom. The van der Waals surface area contributed by atoms with Crippen LogP contribution in [0.2, 0.25) is 0 Å². The van der Waals surface area contributed by atoms with Crippen LogP contribution >= 0.6 is 0 Å². The summed E-state index contributed by atoms with van der Waals surface area (Å²) >= 11 is 0. The highest BCUT2D eigenvalue weighted by atomic mass is 19.1. The number of halogens is 1. The lowest BCUT2D eigenvalue weighted by Gasteiger charge is -2.33. The molecule has 0 aromatic heterocycles. The first-order chi connectivity index (χ1) is 12.6. The molecule has 0 saturated carbocycles. The molecular formula is C20H25FN3O2+. The Morgan fingerprint density at radius 1 is 1.12 bits per heavy atom. The maximum Gasteiger partial charge on any atom is 0.275 e. The molecule has 0 radical (unpaired) electrons. The summed E-state index contributed by atoms with van der Waals surface area (Å²) in [6, 6.07) is 13.9. The lowest BCUT2D eigenvalue weighted by atomic mass is 10.1. The Morgan fingerprint density at radius 2 is 1.81 bits per heavy atom. The van der Waals surface area contributed by atoms with Gasteiger partial charge in [-0.2, -0.15) is 0 Å². The highest BCUT2D eigenvalue weighted by molar-refractivity contribution is 5.76. The molecule has 3 N–H and O–H groups in total. The zero-order valence-corrected chi connectivity index (χ0v) is 14.7. The van der Waals surface area contributed by atoms with Gasteiger partial charge in [0.25, 0.3) is 5.91 Å². The van der Waals surface area contributed by atoms with Gasteiger partial charge in [0.05, 0.1) is 26.2 Å². The zero-order valence-electron chi connectivity index (χ0n) is 14.7. The monoisotopic (exact) mass is 358 g/mol. The van der Waals surface area contributed by atoms with Gasteiger partial charge in [0.1, 0.15) is 11.6 Å². The van der Waals surface area contributed by atoms with Gasteiger partial charge in [-0.1, -0.05) is 18.2 Å². The van der Waals surface area contributed by atoms with Crippen molar-refractivity contribution in [3.63, 3.8) is 0 Å². The van der Waals surface area contributed by atoms with Gasteiger partial charge in [0.15, 0.2) is 6.54 Å². The maximum absolute atomic E-state index is 13.6. The topological polar surface area (TPSA) is 57.0 Å². The van der Waals surface area contributed by atoms with Gasteiger partial charge in [-0.25, -0.2) is 4.39 Å². The normalized spacial score (nSPS) is 15.0. The van der Waals surface area contributed by atoms with Crippen molar-refractivity contribution < 1.29 is 19.2 Å². The van der Waals surface area contributed by atoms with Gasteiger partial charge in [0, 0.05) is 12.2 Å². The summed E-state index contributed by atoms with van der Waals surface area (Å²) in [4.78, 5) is 15.6. The molecule has 3 rings (SSSR count). The molecule has 6 heteroatoms. The first-order valence-corrected chi connectivity index (χ1v) is 8.99. The molecule has 1 aliphatic rings. The summed E-state index contributed by atoms with van der Waals surface area (Å²) in [5.41, 5.74) is 1.72. The fraction of sp³-hybridized carbons (Fsp3) is 0.350. The van der Waals surface area contributed by atoms with Crippen LogP contribution in [0.25, 0.3) is 0 Å². The Labute approximate surface area is 153 Å². The van der Waals surface area contributed by atoms with Gasteiger partial charge in [-0.15, -0.1) is 0 Å². The largest absolute Gasteiger partial charge is 0.508 e. The van der Waals surface area contributed by atoms with Gasteiger partial charge in [0.2, 0.25) is 0 Å². The third-order valence-electron chi connectivity index (χ3n) is 4.77. The van der Waals surface area contributed by atoms with Crippen LogP contribution in [-0.2, 0) is 11.2 Å². The SMILES string of the molecule is O=C(C[NH+]1CCN(c2ccc(O)cc2)CC1)NCCc1ccccc1F. The molecule has 138 valence electrons. The number of carbonyl (C=O) groups is 1. The van der Waals surface area contributed by atoms with Crippen LogP contribution in [0.5, 0.6) is 5.75 Å². The second-order valence-corrected chi connectivity index (χ2v) is 6.62. The quantitative estimate of drug-likeness (QED) is 0.709. The van der Waals surface area contributed by atoms with Crippen LogP contribution in [0.1, 0.15) is 5.56 Å². The fourth-order valence-electron chi connectivity index (χ4n) is 3.25. The number of hydrogen-bond acceptors (Lipinski definition) is 3. The minimum Gasteiger partial charge on any atom is -0.508 e. The van der Waals surface area contributed by atoms with Crippen molar-refractivity contribution in [3.05, 3.63) is 59.9 Å². The number of hydrogen-bond donors (Lipinski definition) is 3. The first kappa shape index (κ1) is 18.2. The number of phenolic OH excluding ortho intramolecular Hbond substituents is 1. The molecule has 5 nitrogen and oxygen atoms in total. The molecule has 0 unspecified atom stereocenters. The second kappa shape index (κ2) is 8.67. The number of amides is 1. The summed E-state index contributed by atoms with van der Waals surface area (Å²) in [6.07, 6.45) is 0.502. The first-order valence-electron chi connectivity index (χ1n) is 8.99. The third-order valence-corrected chi connectivity index (χ3v) is 4.77. The summed E-state index contributed by atoms with van der Waals surface area (Å²) in [5.74, 6) is 0.0530. The Bertz CT molecular complexity index is 728. The van der Waals surface area contributed by atoms with Crippen LogP contribution in [0.3, 0.4) is 0 Å². The molecule has 0 bridgehead atoms. The van der Waals surface area contributed by atoms with Crippen molar-refractivity contribution in [2.45, 2.75) is 6.42 Å². The lowest BCUT2D eigenvalue weighted by Crippen LogP contribution is -3.16. The predicted molar refractivity (Wildman–Crippen MR) is 99.0 cm³/mol. The van der Waals surface area contributed by atoms with Crippen molar-refractivity contribution in [2.24, 2.45) is 0 Å². The molecule has 2 aromatic rings. The summed E-state index contributed by atoms with van der Waals surface area (Å²) in [6.45, 7) is 4.43. The number of piperazine rings is 1. The van der Waals surface area contributed by atoms with Crippen molar-refractivity contribution in [3.8, 4) is 5.75 Å². The number of benzene rings is 2. The Kier molecular flexibility index (Phi) is 6.07. The molecule has 26 heavy (non-hydrogen) atoms.